The summed E-state index contributed by atoms with van der Waals surface area (Å²) in [4.78, 5) is 25.9. The Morgan fingerprint density at radius 2 is 1.92 bits per heavy atom. The number of carbonyl (C=O) groups excluding carboxylic acids is 1. The third kappa shape index (κ3) is 4.18. The summed E-state index contributed by atoms with van der Waals surface area (Å²) in [6.07, 6.45) is 0. The number of amides is 1. The van der Waals surface area contributed by atoms with Crippen LogP contribution in [0, 0.1) is 10.1 Å². The standard InChI is InChI=1S/C17H14N4O3S/c1-11(22)18-14-4-2-3-12(9-14)16-10-25-17(20-16)19-13-5-7-15(8-6-13)21(23)24/h2-10H,1H3,(H,18,22)(H,19,20). The van der Waals surface area contributed by atoms with Crippen LogP contribution in [0.3, 0.4) is 0 Å². The molecule has 0 saturated heterocycles. The average Bonchev–Trinajstić information content (AvgIpc) is 3.03. The number of benzene rings is 2. The normalized spacial score (nSPS) is 10.3. The number of nitro benzene ring substituents is 1. The molecule has 3 rings (SSSR count). The van der Waals surface area contributed by atoms with Gasteiger partial charge in [-0.1, -0.05) is 12.1 Å². The van der Waals surface area contributed by atoms with Crippen molar-refractivity contribution in [3.8, 4) is 11.3 Å². The van der Waals surface area contributed by atoms with Crippen LogP contribution >= 0.6 is 11.3 Å². The molecule has 0 radical (unpaired) electrons. The second kappa shape index (κ2) is 7.10. The SMILES string of the molecule is CC(=O)Nc1cccc(-c2csc(Nc3ccc([N+](=O)[O-])cc3)n2)c1. The highest BCUT2D eigenvalue weighted by Crippen LogP contribution is 2.29. The van der Waals surface area contributed by atoms with Crippen molar-refractivity contribution >= 4 is 39.4 Å². The van der Waals surface area contributed by atoms with Crippen LogP contribution in [0.4, 0.5) is 22.2 Å². The van der Waals surface area contributed by atoms with Crippen molar-refractivity contribution in [3.63, 3.8) is 0 Å². The number of rotatable bonds is 5. The van der Waals surface area contributed by atoms with Gasteiger partial charge in [0.25, 0.3) is 5.69 Å². The minimum Gasteiger partial charge on any atom is -0.332 e. The molecule has 0 aliphatic rings. The summed E-state index contributed by atoms with van der Waals surface area (Å²) < 4.78 is 0. The predicted molar refractivity (Wildman–Crippen MR) is 98.2 cm³/mol. The van der Waals surface area contributed by atoms with Gasteiger partial charge in [-0.3, -0.25) is 14.9 Å². The number of thiazole rings is 1. The molecule has 0 aliphatic carbocycles. The van der Waals surface area contributed by atoms with Gasteiger partial charge >= 0.3 is 0 Å². The van der Waals surface area contributed by atoms with E-state index in [1.165, 1.54) is 30.4 Å². The Kier molecular flexibility index (Phi) is 4.71. The van der Waals surface area contributed by atoms with E-state index in [1.807, 2.05) is 29.6 Å². The Morgan fingerprint density at radius 3 is 2.60 bits per heavy atom. The topological polar surface area (TPSA) is 97.2 Å². The van der Waals surface area contributed by atoms with Crippen molar-refractivity contribution in [2.75, 3.05) is 10.6 Å². The molecule has 1 amide bonds. The van der Waals surface area contributed by atoms with Crippen LogP contribution in [-0.4, -0.2) is 15.8 Å². The van der Waals surface area contributed by atoms with Crippen LogP contribution in [0.25, 0.3) is 11.3 Å². The molecule has 3 aromatic rings. The first-order valence-electron chi connectivity index (χ1n) is 7.36. The number of hydrogen-bond acceptors (Lipinski definition) is 6. The molecule has 0 atom stereocenters. The lowest BCUT2D eigenvalue weighted by molar-refractivity contribution is -0.384. The molecule has 7 nitrogen and oxygen atoms in total. The fraction of sp³-hybridized carbons (Fsp3) is 0.0588. The summed E-state index contributed by atoms with van der Waals surface area (Å²) in [5.74, 6) is -0.129. The molecule has 0 fully saturated rings. The molecule has 2 N–H and O–H groups in total. The number of nitrogens with zero attached hydrogens (tertiary/aromatic N) is 2. The van der Waals surface area contributed by atoms with Gasteiger partial charge in [-0.25, -0.2) is 4.98 Å². The second-order valence-corrected chi connectivity index (χ2v) is 6.09. The lowest BCUT2D eigenvalue weighted by Crippen LogP contribution is -2.05. The fourth-order valence-corrected chi connectivity index (χ4v) is 2.95. The third-order valence-corrected chi connectivity index (χ3v) is 4.07. The maximum absolute atomic E-state index is 11.2. The Hall–Kier alpha value is -3.26. The second-order valence-electron chi connectivity index (χ2n) is 5.23. The largest absolute Gasteiger partial charge is 0.332 e. The highest BCUT2D eigenvalue weighted by atomic mass is 32.1. The zero-order valence-electron chi connectivity index (χ0n) is 13.2. The van der Waals surface area contributed by atoms with Gasteiger partial charge < -0.3 is 10.6 Å². The Bertz CT molecular complexity index is 922. The minimum absolute atomic E-state index is 0.0418. The number of hydrogen-bond donors (Lipinski definition) is 2. The van der Waals surface area contributed by atoms with Gasteiger partial charge in [-0.2, -0.15) is 0 Å². The number of nitro groups is 1. The molecule has 0 saturated carbocycles. The molecule has 8 heteroatoms. The van der Waals surface area contributed by atoms with Gasteiger partial charge in [0.05, 0.1) is 10.6 Å². The number of nitrogens with one attached hydrogen (secondary N) is 2. The lowest BCUT2D eigenvalue weighted by Gasteiger charge is -2.04. The molecule has 0 spiro atoms. The first kappa shape index (κ1) is 16.6. The van der Waals surface area contributed by atoms with Crippen molar-refractivity contribution in [2.24, 2.45) is 0 Å². The van der Waals surface area contributed by atoms with Crippen LogP contribution in [0.15, 0.2) is 53.9 Å². The van der Waals surface area contributed by atoms with Crippen molar-refractivity contribution < 1.29 is 9.72 Å². The Morgan fingerprint density at radius 1 is 1.16 bits per heavy atom. The van der Waals surface area contributed by atoms with E-state index in [-0.39, 0.29) is 11.6 Å². The van der Waals surface area contributed by atoms with E-state index in [1.54, 1.807) is 12.1 Å². The molecule has 0 unspecified atom stereocenters. The lowest BCUT2D eigenvalue weighted by atomic mass is 10.1. The summed E-state index contributed by atoms with van der Waals surface area (Å²) in [5, 5.41) is 19.1. The molecule has 1 aromatic heterocycles. The van der Waals surface area contributed by atoms with E-state index in [0.717, 1.165) is 16.9 Å². The van der Waals surface area contributed by atoms with E-state index < -0.39 is 4.92 Å². The average molecular weight is 354 g/mol. The van der Waals surface area contributed by atoms with Crippen molar-refractivity contribution in [3.05, 3.63) is 64.0 Å². The Balaban J connectivity index is 1.76. The fourth-order valence-electron chi connectivity index (χ4n) is 2.21. The Labute approximate surface area is 147 Å². The van der Waals surface area contributed by atoms with Gasteiger partial charge in [0.1, 0.15) is 0 Å². The summed E-state index contributed by atoms with van der Waals surface area (Å²) in [6, 6.07) is 13.6. The van der Waals surface area contributed by atoms with E-state index in [0.29, 0.717) is 10.8 Å². The number of non-ortho nitro benzene ring substituents is 1. The molecule has 1 heterocycles. The van der Waals surface area contributed by atoms with E-state index >= 15 is 0 Å². The van der Waals surface area contributed by atoms with Gasteiger partial charge in [-0.15, -0.1) is 11.3 Å². The van der Waals surface area contributed by atoms with Crippen LogP contribution in [0.1, 0.15) is 6.92 Å². The van der Waals surface area contributed by atoms with Crippen LogP contribution in [0.5, 0.6) is 0 Å². The summed E-state index contributed by atoms with van der Waals surface area (Å²) >= 11 is 1.43. The molecule has 0 aliphatic heterocycles. The number of carbonyl (C=O) groups is 1. The van der Waals surface area contributed by atoms with E-state index in [4.69, 9.17) is 0 Å². The number of anilines is 3. The molecule has 0 bridgehead atoms. The monoisotopic (exact) mass is 354 g/mol. The molecule has 25 heavy (non-hydrogen) atoms. The first-order valence-corrected chi connectivity index (χ1v) is 8.24. The predicted octanol–water partition coefficient (Wildman–Crippen LogP) is 4.42. The molecule has 2 aromatic carbocycles. The van der Waals surface area contributed by atoms with Crippen LogP contribution < -0.4 is 10.6 Å². The quantitative estimate of drug-likeness (QED) is 0.522. The van der Waals surface area contributed by atoms with Crippen molar-refractivity contribution in [2.45, 2.75) is 6.92 Å². The maximum atomic E-state index is 11.2. The summed E-state index contributed by atoms with van der Waals surface area (Å²) in [5.41, 5.74) is 3.14. The highest BCUT2D eigenvalue weighted by Gasteiger charge is 2.08. The number of aromatic nitrogens is 1. The highest BCUT2D eigenvalue weighted by molar-refractivity contribution is 7.14. The van der Waals surface area contributed by atoms with Crippen LogP contribution in [-0.2, 0) is 4.79 Å². The van der Waals surface area contributed by atoms with E-state index in [2.05, 4.69) is 15.6 Å². The van der Waals surface area contributed by atoms with E-state index in [9.17, 15) is 14.9 Å². The van der Waals surface area contributed by atoms with Gasteiger partial charge in [-0.05, 0) is 24.3 Å². The van der Waals surface area contributed by atoms with Crippen molar-refractivity contribution in [1.29, 1.82) is 0 Å². The first-order chi connectivity index (χ1) is 12.0. The zero-order chi connectivity index (χ0) is 17.8. The van der Waals surface area contributed by atoms with Gasteiger partial charge in [0.15, 0.2) is 5.13 Å². The maximum Gasteiger partial charge on any atom is 0.269 e. The smallest absolute Gasteiger partial charge is 0.269 e. The molecule has 126 valence electrons. The van der Waals surface area contributed by atoms with Crippen molar-refractivity contribution in [1.82, 2.24) is 4.98 Å². The molecular formula is C17H14N4O3S. The summed E-state index contributed by atoms with van der Waals surface area (Å²) in [6.45, 7) is 1.46. The minimum atomic E-state index is -0.437. The van der Waals surface area contributed by atoms with Crippen LogP contribution in [0.2, 0.25) is 0 Å². The zero-order valence-corrected chi connectivity index (χ0v) is 14.0. The van der Waals surface area contributed by atoms with Gasteiger partial charge in [0.2, 0.25) is 5.91 Å². The third-order valence-electron chi connectivity index (χ3n) is 3.31. The summed E-state index contributed by atoms with van der Waals surface area (Å²) in [7, 11) is 0. The molecular weight excluding hydrogens is 340 g/mol. The van der Waals surface area contributed by atoms with Gasteiger partial charge in [0, 0.05) is 41.4 Å².